The molecule has 4 N–H and O–H groups in total. The summed E-state index contributed by atoms with van der Waals surface area (Å²) in [6, 6.07) is 26.8. The van der Waals surface area contributed by atoms with Gasteiger partial charge in [0.1, 0.15) is 11.4 Å². The van der Waals surface area contributed by atoms with Gasteiger partial charge in [0.05, 0.1) is 69.9 Å². The lowest BCUT2D eigenvalue weighted by atomic mass is 10.0. The Balaban J connectivity index is 0.000000243. The molecule has 432 valence electrons. The maximum atomic E-state index is 11.7. The number of carbonyl (C=O) groups excluding carboxylic acids is 2. The van der Waals surface area contributed by atoms with Gasteiger partial charge < -0.3 is 21.3 Å². The molecule has 0 spiro atoms. The largest absolute Gasteiger partial charge is 0.388 e. The van der Waals surface area contributed by atoms with Gasteiger partial charge in [-0.3, -0.25) is 50.0 Å². The molecule has 0 aromatic heterocycles. The smallest absolute Gasteiger partial charge is 0.294 e. The molecule has 0 radical (unpaired) electrons. The van der Waals surface area contributed by atoms with Crippen LogP contribution in [-0.4, -0.2) is 45.6 Å². The van der Waals surface area contributed by atoms with Crippen LogP contribution in [0.25, 0.3) is 44.5 Å². The van der Waals surface area contributed by atoms with Crippen LogP contribution in [0.4, 0.5) is 45.5 Å². The molecule has 8 rings (SSSR count). The lowest BCUT2D eigenvalue weighted by Gasteiger charge is -2.18. The van der Waals surface area contributed by atoms with E-state index in [0.29, 0.717) is 63.3 Å². The molecule has 0 bridgehead atoms. The summed E-state index contributed by atoms with van der Waals surface area (Å²) in [4.78, 5) is 68.7. The van der Waals surface area contributed by atoms with E-state index in [9.17, 15) is 50.0 Å². The van der Waals surface area contributed by atoms with Gasteiger partial charge in [-0.2, -0.15) is 0 Å². The van der Waals surface area contributed by atoms with Crippen LogP contribution in [-0.2, 0) is 9.59 Å². The van der Waals surface area contributed by atoms with Crippen LogP contribution >= 0.6 is 140 Å². The maximum absolute atomic E-state index is 11.7. The molecular weight excluding hydrogens is 1340 g/mol. The average molecular weight is 1370 g/mol. The number of halogens is 10. The Morgan fingerprint density at radius 3 is 0.964 bits per heavy atom. The molecule has 2 amide bonds. The molecule has 0 unspecified atom stereocenters. The van der Waals surface area contributed by atoms with Crippen molar-refractivity contribution in [2.75, 3.05) is 35.4 Å². The van der Waals surface area contributed by atoms with Crippen LogP contribution in [0.2, 0.25) is 50.2 Å². The standard InChI is InChI=1S/C28H16Cl6N4O6S.C26H18Cl4N4O4S/c1-11(39)35-19-7-13(17(31)9-21(19)37(41)42)25-15(29)3-5-23(27(25)33)45-24-6-4-16(30)26(28(24)34)14-8-20(36-12(2)40)22(38(43)44)10-18(14)32;1-31-19-7-9-21(25(29)23(19)15-5-3-13(33(35)36)11-17(15)27)39-22-10-8-20(32-2)24(26(22)30)16-6-4-14(34(37)38)12-18(16)28/h3-10H,1-2H3,(H,35,39)(H,36,40);3-12,31-32H,1-2H3. The van der Waals surface area contributed by atoms with Crippen molar-refractivity contribution < 1.29 is 29.3 Å². The Morgan fingerprint density at radius 2 is 0.679 bits per heavy atom. The number of amides is 2. The summed E-state index contributed by atoms with van der Waals surface area (Å²) in [5, 5.41) is 58.1. The number of non-ortho nitro benzene ring substituents is 2. The zero-order chi connectivity index (χ0) is 61.8. The molecule has 8 aromatic carbocycles. The topological polar surface area (TPSA) is 255 Å². The van der Waals surface area contributed by atoms with Crippen LogP contribution < -0.4 is 21.3 Å². The summed E-state index contributed by atoms with van der Waals surface area (Å²) in [6.45, 7) is 2.40. The quantitative estimate of drug-likeness (QED) is 0.0518. The van der Waals surface area contributed by atoms with E-state index in [1.54, 1.807) is 50.5 Å². The highest BCUT2D eigenvalue weighted by molar-refractivity contribution is 7.99. The minimum Gasteiger partial charge on any atom is -0.388 e. The first kappa shape index (κ1) is 65.1. The third-order valence-electron chi connectivity index (χ3n) is 11.9. The Bertz CT molecular complexity index is 3830. The van der Waals surface area contributed by atoms with E-state index in [1.165, 1.54) is 62.0 Å². The molecule has 0 heterocycles. The fourth-order valence-corrected chi connectivity index (χ4v) is 13.2. The van der Waals surface area contributed by atoms with E-state index in [0.717, 1.165) is 23.9 Å². The highest BCUT2D eigenvalue weighted by atomic mass is 35.5. The molecule has 84 heavy (non-hydrogen) atoms. The Hall–Kier alpha value is -6.50. The van der Waals surface area contributed by atoms with Crippen LogP contribution in [0.3, 0.4) is 0 Å². The second-order valence-corrected chi connectivity index (χ2v) is 23.3. The summed E-state index contributed by atoms with van der Waals surface area (Å²) in [7, 11) is 3.46. The van der Waals surface area contributed by atoms with E-state index < -0.39 is 42.9 Å². The highest BCUT2D eigenvalue weighted by Gasteiger charge is 2.27. The van der Waals surface area contributed by atoms with Crippen molar-refractivity contribution in [2.24, 2.45) is 0 Å². The highest BCUT2D eigenvalue weighted by Crippen LogP contribution is 2.53. The normalized spacial score (nSPS) is 10.8. The first-order chi connectivity index (χ1) is 39.7. The lowest BCUT2D eigenvalue weighted by molar-refractivity contribution is -0.385. The minimum atomic E-state index is -0.688. The molecule has 8 aromatic rings. The number of hydrogen-bond donors (Lipinski definition) is 4. The summed E-state index contributed by atoms with van der Waals surface area (Å²) in [5.41, 5.74) is 3.11. The van der Waals surface area contributed by atoms with Crippen molar-refractivity contribution in [2.45, 2.75) is 33.4 Å². The van der Waals surface area contributed by atoms with Crippen LogP contribution in [0, 0.1) is 40.5 Å². The zero-order valence-corrected chi connectivity index (χ0v) is 52.1. The lowest BCUT2D eigenvalue weighted by Crippen LogP contribution is -2.08. The van der Waals surface area contributed by atoms with Gasteiger partial charge >= 0.3 is 0 Å². The molecule has 0 aliphatic rings. The first-order valence-corrected chi connectivity index (χ1v) is 28.8. The van der Waals surface area contributed by atoms with Crippen LogP contribution in [0.15, 0.2) is 129 Å². The van der Waals surface area contributed by atoms with E-state index in [-0.39, 0.29) is 85.2 Å². The van der Waals surface area contributed by atoms with Crippen LogP contribution in [0.5, 0.6) is 0 Å². The predicted octanol–water partition coefficient (Wildman–Crippen LogP) is 20.5. The Morgan fingerprint density at radius 1 is 0.369 bits per heavy atom. The Kier molecular flexibility index (Phi) is 21.4. The minimum absolute atomic E-state index is 0.0450. The van der Waals surface area contributed by atoms with E-state index >= 15 is 0 Å². The molecule has 0 saturated carbocycles. The summed E-state index contributed by atoms with van der Waals surface area (Å²) in [6.07, 6.45) is 0. The summed E-state index contributed by atoms with van der Waals surface area (Å²) < 4.78 is 0. The predicted molar refractivity (Wildman–Crippen MR) is 340 cm³/mol. The number of nitro groups is 4. The number of anilines is 4. The van der Waals surface area contributed by atoms with E-state index in [2.05, 4.69) is 21.3 Å². The van der Waals surface area contributed by atoms with Gasteiger partial charge in [-0.1, -0.05) is 140 Å². The van der Waals surface area contributed by atoms with Crippen molar-refractivity contribution in [1.29, 1.82) is 0 Å². The zero-order valence-electron chi connectivity index (χ0n) is 42.9. The molecular formula is C54H34Cl10N8O10S2. The van der Waals surface area contributed by atoms with Crippen LogP contribution in [0.1, 0.15) is 13.8 Å². The summed E-state index contributed by atoms with van der Waals surface area (Å²) >= 11 is 68.7. The second-order valence-electron chi connectivity index (χ2n) is 17.2. The van der Waals surface area contributed by atoms with E-state index in [1.807, 2.05) is 24.3 Å². The molecule has 0 saturated heterocycles. The van der Waals surface area contributed by atoms with Gasteiger partial charge in [-0.25, -0.2) is 0 Å². The monoisotopic (exact) mass is 1370 g/mol. The molecule has 0 aliphatic carbocycles. The number of rotatable bonds is 16. The van der Waals surface area contributed by atoms with Gasteiger partial charge in [0, 0.05) is 140 Å². The number of nitro benzene ring substituents is 4. The van der Waals surface area contributed by atoms with Crippen molar-refractivity contribution in [1.82, 2.24) is 0 Å². The van der Waals surface area contributed by atoms with Gasteiger partial charge in [0.2, 0.25) is 11.8 Å². The van der Waals surface area contributed by atoms with Crippen molar-refractivity contribution >= 4 is 197 Å². The molecule has 18 nitrogen and oxygen atoms in total. The molecule has 0 fully saturated rings. The number of hydrogen-bond acceptors (Lipinski definition) is 14. The summed E-state index contributed by atoms with van der Waals surface area (Å²) in [5.74, 6) is -1.09. The maximum Gasteiger partial charge on any atom is 0.294 e. The number of nitrogens with one attached hydrogen (secondary N) is 4. The number of carbonyl (C=O) groups is 2. The fourth-order valence-electron chi connectivity index (χ4n) is 8.20. The molecule has 0 aliphatic heterocycles. The SMILES string of the molecule is CC(=O)Nc1cc(-c2c(Cl)ccc(Sc3ccc(Cl)c(-c4cc(NC(C)=O)c([N+](=O)[O-])cc4Cl)c3Cl)c2Cl)c(Cl)cc1[N+](=O)[O-].CNc1ccc(Sc2ccc(NC)c(-c3ccc([N+](=O)[O-])cc3Cl)c2Cl)c(Cl)c1-c1ccc([N+](=O)[O-])cc1Cl. The first-order valence-electron chi connectivity index (χ1n) is 23.4. The van der Waals surface area contributed by atoms with Crippen molar-refractivity contribution in [3.8, 4) is 44.5 Å². The molecule has 0 atom stereocenters. The fraction of sp³-hybridized carbons (Fsp3) is 0.0741. The number of benzene rings is 8. The molecule has 30 heteroatoms. The van der Waals surface area contributed by atoms with Crippen molar-refractivity contribution in [3.05, 3.63) is 200 Å². The van der Waals surface area contributed by atoms with Crippen molar-refractivity contribution in [3.63, 3.8) is 0 Å². The third kappa shape index (κ3) is 14.2. The van der Waals surface area contributed by atoms with Gasteiger partial charge in [0.25, 0.3) is 22.7 Å². The van der Waals surface area contributed by atoms with Gasteiger partial charge in [-0.05, 0) is 72.8 Å². The Labute approximate surface area is 534 Å². The second kappa shape index (κ2) is 27.7. The van der Waals surface area contributed by atoms with E-state index in [4.69, 9.17) is 116 Å². The van der Waals surface area contributed by atoms with Gasteiger partial charge in [-0.15, -0.1) is 0 Å². The third-order valence-corrected chi connectivity index (χ3v) is 18.0. The number of nitrogens with zero attached hydrogens (tertiary/aromatic N) is 4. The average Bonchev–Trinajstić information content (AvgIpc) is 1.73. The van der Waals surface area contributed by atoms with Gasteiger partial charge in [0.15, 0.2) is 0 Å².